The molecule has 0 heterocycles. The molecule has 0 aliphatic carbocycles. The maximum atomic E-state index is 11.7. The van der Waals surface area contributed by atoms with Crippen LogP contribution in [0.2, 0.25) is 0 Å². The Bertz CT molecular complexity index is 647. The van der Waals surface area contributed by atoms with E-state index in [0.717, 1.165) is 30.6 Å². The van der Waals surface area contributed by atoms with Crippen molar-refractivity contribution in [2.24, 2.45) is 0 Å². The first-order valence-corrected chi connectivity index (χ1v) is 8.55. The van der Waals surface area contributed by atoms with Crippen molar-refractivity contribution >= 4 is 24.5 Å². The second kappa shape index (κ2) is 9.23. The number of amides is 2. The first kappa shape index (κ1) is 18.2. The third kappa shape index (κ3) is 5.49. The molecule has 128 valence electrons. The molecule has 0 aromatic heterocycles. The summed E-state index contributed by atoms with van der Waals surface area (Å²) in [4.78, 5) is 11.7. The van der Waals surface area contributed by atoms with Crippen molar-refractivity contribution in [1.29, 1.82) is 0 Å². The van der Waals surface area contributed by atoms with Crippen LogP contribution in [-0.2, 0) is 0 Å². The molecule has 24 heavy (non-hydrogen) atoms. The molecule has 0 saturated heterocycles. The van der Waals surface area contributed by atoms with Crippen LogP contribution in [0.25, 0.3) is 0 Å². The van der Waals surface area contributed by atoms with Crippen LogP contribution in [0.3, 0.4) is 0 Å². The normalized spacial score (nSPS) is 11.6. The molecule has 2 amide bonds. The summed E-state index contributed by atoms with van der Waals surface area (Å²) in [5.74, 6) is 0.736. The topological polar surface area (TPSA) is 41.6 Å². The van der Waals surface area contributed by atoms with Gasteiger partial charge in [-0.1, -0.05) is 62.6 Å². The van der Waals surface area contributed by atoms with E-state index in [1.54, 1.807) is 7.05 Å². The number of unbranched alkanes of at least 4 members (excludes halogenated alkanes) is 1. The molecule has 2 aromatic carbocycles. The highest BCUT2D eigenvalue weighted by Crippen LogP contribution is 2.28. The zero-order valence-corrected chi connectivity index (χ0v) is 15.0. The number of urea groups is 1. The minimum absolute atomic E-state index is 0.00431. The highest BCUT2D eigenvalue weighted by molar-refractivity contribution is 7.78. The lowest BCUT2D eigenvalue weighted by Gasteiger charge is -2.20. The third-order valence-corrected chi connectivity index (χ3v) is 3.83. The molecule has 2 rings (SSSR count). The molecule has 0 bridgehead atoms. The second-order valence-electron chi connectivity index (χ2n) is 5.64. The minimum Gasteiger partial charge on any atom is -0.486 e. The summed E-state index contributed by atoms with van der Waals surface area (Å²) in [5, 5.41) is 2.77. The lowest BCUT2D eigenvalue weighted by molar-refractivity contribution is 0.191. The van der Waals surface area contributed by atoms with E-state index in [1.165, 1.54) is 4.31 Å². The SMILES string of the molecule is CCCCC(Oc1cccc(NC(=O)N(C)S)c1)c1ccccc1. The summed E-state index contributed by atoms with van der Waals surface area (Å²) in [6.07, 6.45) is 3.18. The van der Waals surface area contributed by atoms with E-state index >= 15 is 0 Å². The Morgan fingerprint density at radius 3 is 2.62 bits per heavy atom. The van der Waals surface area contributed by atoms with Gasteiger partial charge in [-0.05, 0) is 30.5 Å². The predicted molar refractivity (Wildman–Crippen MR) is 102 cm³/mol. The van der Waals surface area contributed by atoms with E-state index < -0.39 is 0 Å². The molecule has 0 aliphatic heterocycles. The van der Waals surface area contributed by atoms with E-state index in [2.05, 4.69) is 37.2 Å². The van der Waals surface area contributed by atoms with Crippen molar-refractivity contribution in [1.82, 2.24) is 4.31 Å². The van der Waals surface area contributed by atoms with Gasteiger partial charge in [0.2, 0.25) is 0 Å². The van der Waals surface area contributed by atoms with Crippen LogP contribution < -0.4 is 10.1 Å². The smallest absolute Gasteiger partial charge is 0.331 e. The number of benzene rings is 2. The van der Waals surface area contributed by atoms with Crippen molar-refractivity contribution in [2.45, 2.75) is 32.3 Å². The van der Waals surface area contributed by atoms with Gasteiger partial charge in [0.05, 0.1) is 0 Å². The Labute approximate surface area is 149 Å². The fraction of sp³-hybridized carbons (Fsp3) is 0.316. The van der Waals surface area contributed by atoms with Crippen LogP contribution in [0.1, 0.15) is 37.9 Å². The fourth-order valence-electron chi connectivity index (χ4n) is 2.37. The molecule has 1 N–H and O–H groups in total. The number of rotatable bonds is 7. The molecule has 0 spiro atoms. The number of carbonyl (C=O) groups is 1. The van der Waals surface area contributed by atoms with Gasteiger partial charge < -0.3 is 10.1 Å². The second-order valence-corrected chi connectivity index (χ2v) is 6.24. The largest absolute Gasteiger partial charge is 0.486 e. The fourth-order valence-corrected chi connectivity index (χ4v) is 2.42. The first-order valence-electron chi connectivity index (χ1n) is 8.15. The number of carbonyl (C=O) groups excluding carboxylic acids is 1. The molecule has 1 atom stereocenters. The predicted octanol–water partition coefficient (Wildman–Crippen LogP) is 5.31. The van der Waals surface area contributed by atoms with Crippen molar-refractivity contribution in [2.75, 3.05) is 12.4 Å². The van der Waals surface area contributed by atoms with Crippen LogP contribution >= 0.6 is 12.8 Å². The summed E-state index contributed by atoms with van der Waals surface area (Å²) in [6, 6.07) is 17.4. The van der Waals surface area contributed by atoms with Gasteiger partial charge in [-0.2, -0.15) is 0 Å². The highest BCUT2D eigenvalue weighted by atomic mass is 32.1. The molecule has 0 saturated carbocycles. The molecule has 5 heteroatoms. The molecule has 2 aromatic rings. The van der Waals surface area contributed by atoms with Gasteiger partial charge in [-0.15, -0.1) is 0 Å². The van der Waals surface area contributed by atoms with Gasteiger partial charge in [0.25, 0.3) is 0 Å². The minimum atomic E-state index is -0.291. The lowest BCUT2D eigenvalue weighted by Crippen LogP contribution is -2.23. The van der Waals surface area contributed by atoms with Crippen molar-refractivity contribution in [3.63, 3.8) is 0 Å². The van der Waals surface area contributed by atoms with E-state index in [0.29, 0.717) is 5.69 Å². The Morgan fingerprint density at radius 1 is 1.21 bits per heavy atom. The Morgan fingerprint density at radius 2 is 1.96 bits per heavy atom. The molecule has 0 fully saturated rings. The van der Waals surface area contributed by atoms with Crippen LogP contribution in [0.5, 0.6) is 5.75 Å². The lowest BCUT2D eigenvalue weighted by atomic mass is 10.0. The zero-order chi connectivity index (χ0) is 17.4. The molecular formula is C19H24N2O2S. The number of hydrogen-bond acceptors (Lipinski definition) is 3. The standard InChI is InChI=1S/C19H24N2O2S/c1-3-4-13-18(15-9-6-5-7-10-15)23-17-12-8-11-16(14-17)20-19(22)21(2)24/h5-12,14,18,24H,3-4,13H2,1-2H3,(H,20,22). The number of ether oxygens (including phenoxy) is 1. The summed E-state index contributed by atoms with van der Waals surface area (Å²) in [6.45, 7) is 2.17. The van der Waals surface area contributed by atoms with E-state index in [-0.39, 0.29) is 12.1 Å². The average molecular weight is 344 g/mol. The number of hydrogen-bond donors (Lipinski definition) is 2. The van der Waals surface area contributed by atoms with Crippen molar-refractivity contribution in [3.8, 4) is 5.75 Å². The van der Waals surface area contributed by atoms with Crippen LogP contribution in [-0.4, -0.2) is 17.4 Å². The van der Waals surface area contributed by atoms with Crippen LogP contribution in [0, 0.1) is 0 Å². The Kier molecular flexibility index (Phi) is 7.00. The van der Waals surface area contributed by atoms with Crippen molar-refractivity contribution in [3.05, 3.63) is 60.2 Å². The maximum absolute atomic E-state index is 11.7. The van der Waals surface area contributed by atoms with Crippen LogP contribution in [0.15, 0.2) is 54.6 Å². The molecule has 4 nitrogen and oxygen atoms in total. The molecule has 1 unspecified atom stereocenters. The number of thiol groups is 1. The third-order valence-electron chi connectivity index (χ3n) is 3.65. The Hall–Kier alpha value is -2.14. The van der Waals surface area contributed by atoms with E-state index in [4.69, 9.17) is 4.74 Å². The maximum Gasteiger partial charge on any atom is 0.331 e. The molecule has 0 aliphatic rings. The number of anilines is 1. The molecular weight excluding hydrogens is 320 g/mol. The van der Waals surface area contributed by atoms with Gasteiger partial charge in [-0.3, -0.25) is 4.31 Å². The van der Waals surface area contributed by atoms with Crippen molar-refractivity contribution < 1.29 is 9.53 Å². The first-order chi connectivity index (χ1) is 11.6. The van der Waals surface area contributed by atoms with Crippen LogP contribution in [0.4, 0.5) is 10.5 Å². The summed E-state index contributed by atoms with van der Waals surface area (Å²) >= 11 is 3.98. The molecule has 0 radical (unpaired) electrons. The average Bonchev–Trinajstić information content (AvgIpc) is 2.59. The van der Waals surface area contributed by atoms with E-state index in [1.807, 2.05) is 42.5 Å². The Balaban J connectivity index is 2.12. The quantitative estimate of drug-likeness (QED) is 0.669. The zero-order valence-electron chi connectivity index (χ0n) is 14.1. The highest BCUT2D eigenvalue weighted by Gasteiger charge is 2.13. The van der Waals surface area contributed by atoms with Gasteiger partial charge >= 0.3 is 6.03 Å². The van der Waals surface area contributed by atoms with Gasteiger partial charge in [0, 0.05) is 18.8 Å². The summed E-state index contributed by atoms with van der Waals surface area (Å²) in [5.41, 5.74) is 1.84. The summed E-state index contributed by atoms with van der Waals surface area (Å²) < 4.78 is 7.40. The van der Waals surface area contributed by atoms with Gasteiger partial charge in [0.1, 0.15) is 11.9 Å². The monoisotopic (exact) mass is 344 g/mol. The van der Waals surface area contributed by atoms with E-state index in [9.17, 15) is 4.79 Å². The number of nitrogens with zero attached hydrogens (tertiary/aromatic N) is 1. The van der Waals surface area contributed by atoms with Gasteiger partial charge in [-0.25, -0.2) is 4.79 Å². The number of nitrogens with one attached hydrogen (secondary N) is 1. The summed E-state index contributed by atoms with van der Waals surface area (Å²) in [7, 11) is 1.58. The van der Waals surface area contributed by atoms with Gasteiger partial charge in [0.15, 0.2) is 0 Å².